The lowest BCUT2D eigenvalue weighted by Crippen LogP contribution is -2.57. The Kier molecular flexibility index (Phi) is 3.13. The van der Waals surface area contributed by atoms with Crippen molar-refractivity contribution >= 4 is 0 Å². The van der Waals surface area contributed by atoms with E-state index in [1.54, 1.807) is 0 Å². The molecule has 0 radical (unpaired) electrons. The predicted molar refractivity (Wildman–Crippen MR) is 52.7 cm³/mol. The first kappa shape index (κ1) is 10.0. The molecule has 0 amide bonds. The van der Waals surface area contributed by atoms with Crippen LogP contribution in [0.15, 0.2) is 0 Å². The minimum absolute atomic E-state index is 0.855. The van der Waals surface area contributed by atoms with E-state index in [9.17, 15) is 0 Å². The molecule has 0 aliphatic heterocycles. The fraction of sp³-hybridized carbons (Fsp3) is 1.00. The van der Waals surface area contributed by atoms with Crippen molar-refractivity contribution in [2.75, 3.05) is 28.2 Å². The molecule has 0 aromatic heterocycles. The first-order valence-electron chi connectivity index (χ1n) is 5.06. The number of nitrogens with zero attached hydrogens (tertiary/aromatic N) is 2. The van der Waals surface area contributed by atoms with Gasteiger partial charge in [-0.2, -0.15) is 5.01 Å². The van der Waals surface area contributed by atoms with E-state index < -0.39 is 0 Å². The Balaban J connectivity index is 2.53. The molecule has 0 spiro atoms. The standard InChI is InChI=1S/C10H23N2/c1-11(2)12(3,4)10-8-6-5-7-9-10/h10H,5-9H2,1-4H3/q+1. The summed E-state index contributed by atoms with van der Waals surface area (Å²) >= 11 is 0. The smallest absolute Gasteiger partial charge is 0.106 e. The molecule has 0 N–H and O–H groups in total. The molecule has 1 aliphatic carbocycles. The second-order valence-electron chi connectivity index (χ2n) is 4.62. The van der Waals surface area contributed by atoms with Gasteiger partial charge in [-0.05, 0) is 12.8 Å². The molecule has 0 atom stereocenters. The van der Waals surface area contributed by atoms with Crippen LogP contribution in [0.2, 0.25) is 0 Å². The molecule has 0 heterocycles. The Labute approximate surface area is 76.7 Å². The summed E-state index contributed by atoms with van der Waals surface area (Å²) in [5.41, 5.74) is 0. The van der Waals surface area contributed by atoms with Crippen LogP contribution in [0.5, 0.6) is 0 Å². The van der Waals surface area contributed by atoms with E-state index in [1.807, 2.05) is 0 Å². The molecule has 2 nitrogen and oxygen atoms in total. The summed E-state index contributed by atoms with van der Waals surface area (Å²) in [6.45, 7) is 0. The van der Waals surface area contributed by atoms with Gasteiger partial charge in [0.05, 0.1) is 14.1 Å². The molecule has 1 aliphatic rings. The van der Waals surface area contributed by atoms with Crippen LogP contribution in [0.25, 0.3) is 0 Å². The third kappa shape index (κ3) is 1.99. The van der Waals surface area contributed by atoms with Crippen molar-refractivity contribution < 1.29 is 4.59 Å². The molecule has 0 saturated heterocycles. The molecule has 0 bridgehead atoms. The maximum atomic E-state index is 2.32. The van der Waals surface area contributed by atoms with Gasteiger partial charge in [-0.15, -0.1) is 0 Å². The third-order valence-corrected chi connectivity index (χ3v) is 3.50. The van der Waals surface area contributed by atoms with Gasteiger partial charge in [0.25, 0.3) is 0 Å². The average molecular weight is 171 g/mol. The van der Waals surface area contributed by atoms with Crippen LogP contribution < -0.4 is 0 Å². The van der Waals surface area contributed by atoms with Gasteiger partial charge < -0.3 is 0 Å². The zero-order valence-electron chi connectivity index (χ0n) is 9.01. The van der Waals surface area contributed by atoms with Gasteiger partial charge in [0, 0.05) is 26.9 Å². The Bertz CT molecular complexity index is 135. The number of hydrogen-bond donors (Lipinski definition) is 0. The number of hydrogen-bond acceptors (Lipinski definition) is 1. The van der Waals surface area contributed by atoms with Crippen LogP contribution in [0.1, 0.15) is 32.1 Å². The minimum Gasteiger partial charge on any atom is -0.246 e. The summed E-state index contributed by atoms with van der Waals surface area (Å²) in [6, 6.07) is 0.855. The van der Waals surface area contributed by atoms with E-state index in [1.165, 1.54) is 32.1 Å². The summed E-state index contributed by atoms with van der Waals surface area (Å²) in [4.78, 5) is 0. The van der Waals surface area contributed by atoms with Crippen LogP contribution in [0, 0.1) is 0 Å². The maximum Gasteiger partial charge on any atom is 0.106 e. The summed E-state index contributed by atoms with van der Waals surface area (Å²) in [6.07, 6.45) is 7.13. The first-order valence-corrected chi connectivity index (χ1v) is 5.06. The summed E-state index contributed by atoms with van der Waals surface area (Å²) in [5, 5.41) is 2.32. The monoisotopic (exact) mass is 171 g/mol. The van der Waals surface area contributed by atoms with Gasteiger partial charge in [0.15, 0.2) is 0 Å². The van der Waals surface area contributed by atoms with Crippen molar-refractivity contribution in [2.24, 2.45) is 0 Å². The van der Waals surface area contributed by atoms with E-state index in [0.717, 1.165) is 10.6 Å². The highest BCUT2D eigenvalue weighted by atomic mass is 15.7. The van der Waals surface area contributed by atoms with Gasteiger partial charge in [-0.25, -0.2) is 4.59 Å². The molecule has 1 saturated carbocycles. The molecule has 12 heavy (non-hydrogen) atoms. The first-order chi connectivity index (χ1) is 5.55. The van der Waals surface area contributed by atoms with Crippen LogP contribution in [-0.4, -0.2) is 43.8 Å². The molecular formula is C10H23N2+. The molecule has 0 aromatic carbocycles. The van der Waals surface area contributed by atoms with E-state index in [2.05, 4.69) is 33.2 Å². The van der Waals surface area contributed by atoms with Gasteiger partial charge in [0.2, 0.25) is 0 Å². The molecule has 0 unspecified atom stereocenters. The van der Waals surface area contributed by atoms with Gasteiger partial charge in [-0.1, -0.05) is 6.42 Å². The number of quaternary nitrogens is 1. The fourth-order valence-electron chi connectivity index (χ4n) is 2.04. The molecule has 1 fully saturated rings. The topological polar surface area (TPSA) is 3.24 Å². The number of rotatable bonds is 2. The second kappa shape index (κ2) is 3.75. The van der Waals surface area contributed by atoms with E-state index in [4.69, 9.17) is 0 Å². The molecule has 1 rings (SSSR count). The van der Waals surface area contributed by atoms with Crippen molar-refractivity contribution in [3.8, 4) is 0 Å². The zero-order chi connectivity index (χ0) is 9.19. The highest BCUT2D eigenvalue weighted by Gasteiger charge is 2.31. The Hall–Kier alpha value is -0.0800. The van der Waals surface area contributed by atoms with Crippen LogP contribution in [0.4, 0.5) is 0 Å². The second-order valence-corrected chi connectivity index (χ2v) is 4.62. The van der Waals surface area contributed by atoms with E-state index in [-0.39, 0.29) is 0 Å². The van der Waals surface area contributed by atoms with Crippen molar-refractivity contribution in [1.82, 2.24) is 5.01 Å². The van der Waals surface area contributed by atoms with Crippen molar-refractivity contribution in [2.45, 2.75) is 38.1 Å². The summed E-state index contributed by atoms with van der Waals surface area (Å²) in [7, 11) is 8.98. The lowest BCUT2D eigenvalue weighted by atomic mass is 9.94. The highest BCUT2D eigenvalue weighted by Crippen LogP contribution is 2.25. The quantitative estimate of drug-likeness (QED) is 0.453. The van der Waals surface area contributed by atoms with Crippen LogP contribution in [-0.2, 0) is 0 Å². The zero-order valence-corrected chi connectivity index (χ0v) is 9.01. The highest BCUT2D eigenvalue weighted by molar-refractivity contribution is 4.64. The van der Waals surface area contributed by atoms with Crippen molar-refractivity contribution in [3.05, 3.63) is 0 Å². The maximum absolute atomic E-state index is 2.32. The minimum atomic E-state index is 0.855. The van der Waals surface area contributed by atoms with Gasteiger partial charge in [-0.3, -0.25) is 0 Å². The largest absolute Gasteiger partial charge is 0.246 e. The lowest BCUT2D eigenvalue weighted by molar-refractivity contribution is -1.02. The lowest BCUT2D eigenvalue weighted by Gasteiger charge is -2.43. The summed E-state index contributed by atoms with van der Waals surface area (Å²) in [5.74, 6) is 0. The summed E-state index contributed by atoms with van der Waals surface area (Å²) < 4.78 is 1.06. The fourth-order valence-corrected chi connectivity index (χ4v) is 2.04. The van der Waals surface area contributed by atoms with Crippen molar-refractivity contribution in [3.63, 3.8) is 0 Å². The molecule has 2 heteroatoms. The normalized spacial score (nSPS) is 21.8. The Morgan fingerprint density at radius 3 is 1.92 bits per heavy atom. The molecular weight excluding hydrogens is 148 g/mol. The average Bonchev–Trinajstić information content (AvgIpc) is 2.06. The molecule has 72 valence electrons. The third-order valence-electron chi connectivity index (χ3n) is 3.50. The Morgan fingerprint density at radius 2 is 1.50 bits per heavy atom. The van der Waals surface area contributed by atoms with Crippen LogP contribution in [0.3, 0.4) is 0 Å². The Morgan fingerprint density at radius 1 is 1.00 bits per heavy atom. The predicted octanol–water partition coefficient (Wildman–Crippen LogP) is 1.87. The molecule has 0 aromatic rings. The SMILES string of the molecule is CN(C)[N+](C)(C)C1CCCCC1. The van der Waals surface area contributed by atoms with Crippen molar-refractivity contribution in [1.29, 1.82) is 0 Å². The van der Waals surface area contributed by atoms with Gasteiger partial charge in [0.1, 0.15) is 6.04 Å². The van der Waals surface area contributed by atoms with Gasteiger partial charge >= 0.3 is 0 Å². The van der Waals surface area contributed by atoms with E-state index in [0.29, 0.717) is 0 Å². The van der Waals surface area contributed by atoms with Crippen LogP contribution >= 0.6 is 0 Å². The van der Waals surface area contributed by atoms with E-state index >= 15 is 0 Å².